The zero-order chi connectivity index (χ0) is 23.4. The second kappa shape index (κ2) is 9.35. The lowest BCUT2D eigenvalue weighted by Crippen LogP contribution is -2.18. The highest BCUT2D eigenvalue weighted by atomic mass is 32.2. The number of amides is 1. The second-order valence-corrected chi connectivity index (χ2v) is 9.72. The van der Waals surface area contributed by atoms with Gasteiger partial charge in [-0.1, -0.05) is 72.0 Å². The number of nitrogens with zero attached hydrogens (tertiary/aromatic N) is 1. The molecule has 7 nitrogen and oxygen atoms in total. The summed E-state index contributed by atoms with van der Waals surface area (Å²) in [5, 5.41) is 2.93. The summed E-state index contributed by atoms with van der Waals surface area (Å²) in [4.78, 5) is 30.1. The molecule has 3 aromatic carbocycles. The Balaban J connectivity index is 1.62. The molecule has 0 aliphatic rings. The lowest BCUT2D eigenvalue weighted by atomic mass is 10.1. The number of aromatic nitrogens is 1. The quantitative estimate of drug-likeness (QED) is 0.362. The molecule has 0 aliphatic carbocycles. The molecule has 1 aromatic heterocycles. The molecule has 0 unspecified atom stereocenters. The minimum Gasteiger partial charge on any atom is -0.298 e. The van der Waals surface area contributed by atoms with E-state index in [1.54, 1.807) is 30.3 Å². The number of carbonyl (C=O) groups excluding carboxylic acids is 2. The van der Waals surface area contributed by atoms with Crippen LogP contribution in [0.25, 0.3) is 11.3 Å². The fourth-order valence-electron chi connectivity index (χ4n) is 3.14. The van der Waals surface area contributed by atoms with Gasteiger partial charge in [-0.05, 0) is 24.3 Å². The van der Waals surface area contributed by atoms with Crippen molar-refractivity contribution in [3.8, 4) is 11.3 Å². The third kappa shape index (κ3) is 5.00. The number of nitrogens with one attached hydrogen (secondary N) is 2. The van der Waals surface area contributed by atoms with Crippen molar-refractivity contribution in [1.29, 1.82) is 0 Å². The first kappa shape index (κ1) is 22.4. The van der Waals surface area contributed by atoms with E-state index < -0.39 is 15.9 Å². The number of hydrogen-bond acceptors (Lipinski definition) is 6. The van der Waals surface area contributed by atoms with E-state index in [-0.39, 0.29) is 27.1 Å². The molecule has 0 aliphatic heterocycles. The predicted molar refractivity (Wildman–Crippen MR) is 129 cm³/mol. The fourth-order valence-corrected chi connectivity index (χ4v) is 5.12. The van der Waals surface area contributed by atoms with Crippen molar-refractivity contribution in [1.82, 2.24) is 4.98 Å². The summed E-state index contributed by atoms with van der Waals surface area (Å²) in [6.07, 6.45) is 0. The van der Waals surface area contributed by atoms with E-state index in [2.05, 4.69) is 15.0 Å². The van der Waals surface area contributed by atoms with Gasteiger partial charge in [0.2, 0.25) is 0 Å². The largest absolute Gasteiger partial charge is 0.298 e. The summed E-state index contributed by atoms with van der Waals surface area (Å²) in [5.41, 5.74) is 1.50. The van der Waals surface area contributed by atoms with Gasteiger partial charge < -0.3 is 0 Å². The van der Waals surface area contributed by atoms with Crippen LogP contribution in [0, 0.1) is 0 Å². The van der Waals surface area contributed by atoms with Crippen LogP contribution in [0.2, 0.25) is 0 Å². The first-order chi connectivity index (χ1) is 15.8. The Bertz CT molecular complexity index is 1420. The number of para-hydroxylation sites is 1. The molecular formula is C24H19N3O4S2. The van der Waals surface area contributed by atoms with Crippen molar-refractivity contribution in [3.05, 3.63) is 95.4 Å². The van der Waals surface area contributed by atoms with Crippen LogP contribution in [0.15, 0.2) is 89.8 Å². The summed E-state index contributed by atoms with van der Waals surface area (Å²) < 4.78 is 27.9. The second-order valence-electron chi connectivity index (χ2n) is 7.04. The maximum absolute atomic E-state index is 13.0. The van der Waals surface area contributed by atoms with Gasteiger partial charge >= 0.3 is 0 Å². The number of Topliss-reactive ketones (excluding diaryl/α,β-unsaturated/α-hetero) is 1. The first-order valence-electron chi connectivity index (χ1n) is 9.90. The number of thiazole rings is 1. The molecule has 0 bridgehead atoms. The standard InChI is InChI=1S/C24H19N3O4S2/c1-16(28)22-21(17-10-4-2-5-11-17)25-24(32-22)26-23(29)19-14-8-9-15-20(19)27-33(30,31)18-12-6-3-7-13-18/h2-15,27H,1H3,(H,25,26,29). The number of hydrogen-bond donors (Lipinski definition) is 2. The van der Waals surface area contributed by atoms with E-state index in [1.165, 1.54) is 31.2 Å². The Hall–Kier alpha value is -3.82. The number of carbonyl (C=O) groups is 2. The zero-order valence-electron chi connectivity index (χ0n) is 17.5. The van der Waals surface area contributed by atoms with Gasteiger partial charge in [0.05, 0.1) is 26.7 Å². The third-order valence-electron chi connectivity index (χ3n) is 4.68. The van der Waals surface area contributed by atoms with Crippen LogP contribution >= 0.6 is 11.3 Å². The monoisotopic (exact) mass is 477 g/mol. The number of anilines is 2. The third-order valence-corrected chi connectivity index (χ3v) is 7.14. The van der Waals surface area contributed by atoms with Gasteiger partial charge in [0, 0.05) is 12.5 Å². The Morgan fingerprint density at radius 1 is 0.848 bits per heavy atom. The molecule has 1 amide bonds. The highest BCUT2D eigenvalue weighted by molar-refractivity contribution is 7.92. The molecule has 0 saturated carbocycles. The fraction of sp³-hybridized carbons (Fsp3) is 0.0417. The Morgan fingerprint density at radius 2 is 1.45 bits per heavy atom. The molecule has 0 fully saturated rings. The minimum atomic E-state index is -3.88. The highest BCUT2D eigenvalue weighted by Gasteiger charge is 2.21. The van der Waals surface area contributed by atoms with E-state index >= 15 is 0 Å². The summed E-state index contributed by atoms with van der Waals surface area (Å²) in [6, 6.07) is 23.4. The summed E-state index contributed by atoms with van der Waals surface area (Å²) in [7, 11) is -3.88. The van der Waals surface area contributed by atoms with Gasteiger partial charge in [-0.25, -0.2) is 13.4 Å². The molecule has 9 heteroatoms. The first-order valence-corrected chi connectivity index (χ1v) is 12.2. The van der Waals surface area contributed by atoms with Crippen LogP contribution in [0.3, 0.4) is 0 Å². The number of ketones is 1. The Morgan fingerprint density at radius 3 is 2.12 bits per heavy atom. The molecule has 4 aromatic rings. The van der Waals surface area contributed by atoms with Crippen molar-refractivity contribution < 1.29 is 18.0 Å². The van der Waals surface area contributed by atoms with Gasteiger partial charge in [0.1, 0.15) is 0 Å². The van der Waals surface area contributed by atoms with E-state index in [0.29, 0.717) is 10.6 Å². The smallest absolute Gasteiger partial charge is 0.261 e. The van der Waals surface area contributed by atoms with Gasteiger partial charge in [0.15, 0.2) is 10.9 Å². The average Bonchev–Trinajstić information content (AvgIpc) is 3.24. The van der Waals surface area contributed by atoms with Crippen molar-refractivity contribution in [3.63, 3.8) is 0 Å². The van der Waals surface area contributed by atoms with Crippen molar-refractivity contribution in [2.45, 2.75) is 11.8 Å². The lowest BCUT2D eigenvalue weighted by molar-refractivity contribution is 0.101. The molecule has 0 atom stereocenters. The molecule has 33 heavy (non-hydrogen) atoms. The molecule has 0 spiro atoms. The van der Waals surface area contributed by atoms with E-state index in [1.807, 2.05) is 30.3 Å². The van der Waals surface area contributed by atoms with Gasteiger partial charge in [-0.15, -0.1) is 0 Å². The van der Waals surface area contributed by atoms with Crippen molar-refractivity contribution in [2.75, 3.05) is 10.0 Å². The van der Waals surface area contributed by atoms with Crippen LogP contribution < -0.4 is 10.0 Å². The van der Waals surface area contributed by atoms with E-state index in [0.717, 1.165) is 16.9 Å². The molecule has 2 N–H and O–H groups in total. The molecule has 0 saturated heterocycles. The van der Waals surface area contributed by atoms with Crippen LogP contribution in [0.4, 0.5) is 10.8 Å². The zero-order valence-corrected chi connectivity index (χ0v) is 19.1. The van der Waals surface area contributed by atoms with Crippen LogP contribution in [-0.4, -0.2) is 25.1 Å². The van der Waals surface area contributed by atoms with Gasteiger partial charge in [-0.3, -0.25) is 19.6 Å². The van der Waals surface area contributed by atoms with E-state index in [4.69, 9.17) is 0 Å². The average molecular weight is 478 g/mol. The normalized spacial score (nSPS) is 11.1. The number of rotatable bonds is 7. The lowest BCUT2D eigenvalue weighted by Gasteiger charge is -2.12. The molecule has 166 valence electrons. The van der Waals surface area contributed by atoms with Gasteiger partial charge in [0.25, 0.3) is 15.9 Å². The maximum atomic E-state index is 13.0. The van der Waals surface area contributed by atoms with Crippen molar-refractivity contribution in [2.24, 2.45) is 0 Å². The highest BCUT2D eigenvalue weighted by Crippen LogP contribution is 2.32. The van der Waals surface area contributed by atoms with E-state index in [9.17, 15) is 18.0 Å². The Labute approximate surface area is 195 Å². The Kier molecular flexibility index (Phi) is 6.34. The summed E-state index contributed by atoms with van der Waals surface area (Å²) in [6.45, 7) is 1.44. The van der Waals surface area contributed by atoms with Crippen molar-refractivity contribution >= 4 is 43.9 Å². The SMILES string of the molecule is CC(=O)c1sc(NC(=O)c2ccccc2NS(=O)(=O)c2ccccc2)nc1-c1ccccc1. The molecule has 4 rings (SSSR count). The molecule has 1 heterocycles. The van der Waals surface area contributed by atoms with Gasteiger partial charge in [-0.2, -0.15) is 0 Å². The number of sulfonamides is 1. The summed E-state index contributed by atoms with van der Waals surface area (Å²) >= 11 is 1.07. The van der Waals surface area contributed by atoms with Crippen LogP contribution in [0.1, 0.15) is 27.0 Å². The minimum absolute atomic E-state index is 0.0822. The topological polar surface area (TPSA) is 105 Å². The molecular weight excluding hydrogens is 458 g/mol. The maximum Gasteiger partial charge on any atom is 0.261 e. The predicted octanol–water partition coefficient (Wildman–Crippen LogP) is 5.07. The van der Waals surface area contributed by atoms with Crippen LogP contribution in [0.5, 0.6) is 0 Å². The van der Waals surface area contributed by atoms with Crippen LogP contribution in [-0.2, 0) is 10.0 Å². The number of benzene rings is 3. The summed E-state index contributed by atoms with van der Waals surface area (Å²) in [5.74, 6) is -0.715. The molecule has 0 radical (unpaired) electrons.